The molecule has 0 amide bonds. The number of ether oxygens (including phenoxy) is 1. The Morgan fingerprint density at radius 1 is 1.26 bits per heavy atom. The topological polar surface area (TPSA) is 35.2 Å². The van der Waals surface area contributed by atoms with E-state index in [0.717, 1.165) is 5.56 Å². The second-order valence-corrected chi connectivity index (χ2v) is 4.79. The fraction of sp³-hybridized carbons (Fsp3) is 0.200. The molecule has 4 heteroatoms. The van der Waals surface area contributed by atoms with Gasteiger partial charge in [-0.25, -0.2) is 4.39 Å². The predicted molar refractivity (Wildman–Crippen MR) is 74.8 cm³/mol. The number of para-hydroxylation sites is 1. The first kappa shape index (κ1) is 13.8. The van der Waals surface area contributed by atoms with Crippen LogP contribution in [0.3, 0.4) is 0 Å². The predicted octanol–water partition coefficient (Wildman–Crippen LogP) is 4.08. The van der Waals surface area contributed by atoms with E-state index in [9.17, 15) is 4.39 Å². The molecule has 0 heterocycles. The van der Waals surface area contributed by atoms with Crippen molar-refractivity contribution in [1.82, 2.24) is 0 Å². The Kier molecular flexibility index (Phi) is 4.40. The lowest BCUT2D eigenvalue weighted by Crippen LogP contribution is -2.08. The summed E-state index contributed by atoms with van der Waals surface area (Å²) in [4.78, 5) is 0. The van der Waals surface area contributed by atoms with Crippen molar-refractivity contribution < 1.29 is 9.13 Å². The molecule has 0 aliphatic heterocycles. The number of halogens is 2. The Labute approximate surface area is 117 Å². The van der Waals surface area contributed by atoms with Crippen LogP contribution in [0.5, 0.6) is 5.75 Å². The van der Waals surface area contributed by atoms with E-state index in [1.807, 2.05) is 31.2 Å². The number of benzene rings is 2. The van der Waals surface area contributed by atoms with Gasteiger partial charge >= 0.3 is 0 Å². The largest absolute Gasteiger partial charge is 0.488 e. The van der Waals surface area contributed by atoms with Crippen molar-refractivity contribution in [3.63, 3.8) is 0 Å². The van der Waals surface area contributed by atoms with Gasteiger partial charge in [-0.15, -0.1) is 0 Å². The zero-order valence-corrected chi connectivity index (χ0v) is 11.3. The summed E-state index contributed by atoms with van der Waals surface area (Å²) in [5, 5.41) is 0.372. The molecule has 1 atom stereocenters. The molecule has 0 aliphatic rings. The third-order valence-corrected chi connectivity index (χ3v) is 3.04. The molecule has 0 aromatic heterocycles. The Bertz CT molecular complexity index is 572. The van der Waals surface area contributed by atoms with Gasteiger partial charge in [-0.1, -0.05) is 35.9 Å². The second-order valence-electron chi connectivity index (χ2n) is 4.35. The minimum atomic E-state index is -0.370. The van der Waals surface area contributed by atoms with Crippen molar-refractivity contribution in [2.75, 3.05) is 0 Å². The first-order valence-corrected chi connectivity index (χ1v) is 6.37. The summed E-state index contributed by atoms with van der Waals surface area (Å²) in [6.07, 6.45) is 0. The van der Waals surface area contributed by atoms with Crippen molar-refractivity contribution in [1.29, 1.82) is 0 Å². The summed E-state index contributed by atoms with van der Waals surface area (Å²) in [6.45, 7) is 2.03. The van der Waals surface area contributed by atoms with Crippen LogP contribution in [-0.4, -0.2) is 0 Å². The number of rotatable bonds is 4. The molecule has 0 saturated heterocycles. The van der Waals surface area contributed by atoms with Crippen LogP contribution >= 0.6 is 11.6 Å². The SMILES string of the molecule is C[C@H](N)c1ccccc1OCc1ccc(Cl)cc1F. The molecule has 2 nitrogen and oxygen atoms in total. The number of nitrogens with two attached hydrogens (primary N) is 1. The molecule has 0 fully saturated rings. The van der Waals surface area contributed by atoms with Gasteiger partial charge in [-0.3, -0.25) is 0 Å². The molecular weight excluding hydrogens is 265 g/mol. The molecule has 0 saturated carbocycles. The summed E-state index contributed by atoms with van der Waals surface area (Å²) in [5.41, 5.74) is 7.22. The fourth-order valence-electron chi connectivity index (χ4n) is 1.78. The van der Waals surface area contributed by atoms with Gasteiger partial charge in [-0.05, 0) is 25.1 Å². The molecule has 0 spiro atoms. The summed E-state index contributed by atoms with van der Waals surface area (Å²) in [7, 11) is 0. The zero-order chi connectivity index (χ0) is 13.8. The van der Waals surface area contributed by atoms with Crippen molar-refractivity contribution in [2.24, 2.45) is 5.73 Å². The summed E-state index contributed by atoms with van der Waals surface area (Å²) >= 11 is 5.70. The van der Waals surface area contributed by atoms with E-state index in [0.29, 0.717) is 16.3 Å². The standard InChI is InChI=1S/C15H15ClFNO/c1-10(18)13-4-2-3-5-15(13)19-9-11-6-7-12(16)8-14(11)17/h2-8,10H,9,18H2,1H3/t10-/m0/s1. The van der Waals surface area contributed by atoms with E-state index in [4.69, 9.17) is 22.1 Å². The third kappa shape index (κ3) is 3.46. The van der Waals surface area contributed by atoms with Gasteiger partial charge < -0.3 is 10.5 Å². The Morgan fingerprint density at radius 2 is 2.00 bits per heavy atom. The molecular formula is C15H15ClFNO. The van der Waals surface area contributed by atoms with E-state index in [2.05, 4.69) is 0 Å². The average Bonchev–Trinajstić information content (AvgIpc) is 2.38. The highest BCUT2D eigenvalue weighted by Crippen LogP contribution is 2.24. The first-order chi connectivity index (χ1) is 9.08. The van der Waals surface area contributed by atoms with E-state index in [-0.39, 0.29) is 18.5 Å². The maximum Gasteiger partial charge on any atom is 0.131 e. The molecule has 0 unspecified atom stereocenters. The number of hydrogen-bond donors (Lipinski definition) is 1. The van der Waals surface area contributed by atoms with Gasteiger partial charge in [0.05, 0.1) is 0 Å². The molecule has 2 aromatic rings. The molecule has 2 aromatic carbocycles. The maximum absolute atomic E-state index is 13.6. The highest BCUT2D eigenvalue weighted by atomic mass is 35.5. The van der Waals surface area contributed by atoms with E-state index in [1.165, 1.54) is 6.07 Å². The van der Waals surface area contributed by atoms with Gasteiger partial charge in [0.15, 0.2) is 0 Å². The van der Waals surface area contributed by atoms with E-state index < -0.39 is 0 Å². The Hall–Kier alpha value is -1.58. The van der Waals surface area contributed by atoms with Gasteiger partial charge in [0.25, 0.3) is 0 Å². The van der Waals surface area contributed by atoms with Crippen LogP contribution < -0.4 is 10.5 Å². The van der Waals surface area contributed by atoms with Crippen molar-refractivity contribution in [3.05, 3.63) is 64.4 Å². The molecule has 2 rings (SSSR count). The monoisotopic (exact) mass is 279 g/mol. The lowest BCUT2D eigenvalue weighted by molar-refractivity contribution is 0.295. The van der Waals surface area contributed by atoms with Gasteiger partial charge in [0.1, 0.15) is 18.2 Å². The Balaban J connectivity index is 2.14. The van der Waals surface area contributed by atoms with Crippen LogP contribution in [-0.2, 0) is 6.61 Å². The van der Waals surface area contributed by atoms with Crippen LogP contribution in [0, 0.1) is 5.82 Å². The molecule has 100 valence electrons. The highest BCUT2D eigenvalue weighted by Gasteiger charge is 2.09. The van der Waals surface area contributed by atoms with Crippen molar-refractivity contribution >= 4 is 11.6 Å². The minimum absolute atomic E-state index is 0.133. The zero-order valence-electron chi connectivity index (χ0n) is 10.6. The van der Waals surface area contributed by atoms with Gasteiger partial charge in [-0.2, -0.15) is 0 Å². The van der Waals surface area contributed by atoms with Crippen molar-refractivity contribution in [2.45, 2.75) is 19.6 Å². The minimum Gasteiger partial charge on any atom is -0.488 e. The fourth-order valence-corrected chi connectivity index (χ4v) is 1.94. The second kappa shape index (κ2) is 6.04. The summed E-state index contributed by atoms with van der Waals surface area (Å²) in [5.74, 6) is 0.303. The van der Waals surface area contributed by atoms with Gasteiger partial charge in [0.2, 0.25) is 0 Å². The normalized spacial score (nSPS) is 12.2. The van der Waals surface area contributed by atoms with Crippen LogP contribution in [0.1, 0.15) is 24.1 Å². The van der Waals surface area contributed by atoms with Crippen LogP contribution in [0.25, 0.3) is 0 Å². The third-order valence-electron chi connectivity index (χ3n) is 2.81. The van der Waals surface area contributed by atoms with Crippen LogP contribution in [0.4, 0.5) is 4.39 Å². The van der Waals surface area contributed by atoms with Gasteiger partial charge in [0, 0.05) is 22.2 Å². The smallest absolute Gasteiger partial charge is 0.131 e. The highest BCUT2D eigenvalue weighted by molar-refractivity contribution is 6.30. The first-order valence-electron chi connectivity index (χ1n) is 5.99. The molecule has 19 heavy (non-hydrogen) atoms. The molecule has 2 N–H and O–H groups in total. The molecule has 0 radical (unpaired) electrons. The van der Waals surface area contributed by atoms with E-state index >= 15 is 0 Å². The Morgan fingerprint density at radius 3 is 2.68 bits per heavy atom. The number of hydrogen-bond acceptors (Lipinski definition) is 2. The molecule has 0 bridgehead atoms. The molecule has 0 aliphatic carbocycles. The average molecular weight is 280 g/mol. The quantitative estimate of drug-likeness (QED) is 0.915. The van der Waals surface area contributed by atoms with Crippen LogP contribution in [0.2, 0.25) is 5.02 Å². The van der Waals surface area contributed by atoms with Crippen LogP contribution in [0.15, 0.2) is 42.5 Å². The lowest BCUT2D eigenvalue weighted by atomic mass is 10.1. The summed E-state index contributed by atoms with van der Waals surface area (Å²) < 4.78 is 19.3. The maximum atomic E-state index is 13.6. The van der Waals surface area contributed by atoms with Crippen molar-refractivity contribution in [3.8, 4) is 5.75 Å². The van der Waals surface area contributed by atoms with E-state index in [1.54, 1.807) is 12.1 Å². The lowest BCUT2D eigenvalue weighted by Gasteiger charge is -2.14. The summed E-state index contributed by atoms with van der Waals surface area (Å²) in [6, 6.07) is 11.9.